The van der Waals surface area contributed by atoms with Gasteiger partial charge in [0.25, 0.3) is 0 Å². The second-order valence-electron chi connectivity index (χ2n) is 3.92. The average Bonchev–Trinajstić information content (AvgIpc) is 2.89. The molecule has 1 aliphatic rings. The van der Waals surface area contributed by atoms with E-state index < -0.39 is 31.0 Å². The fourth-order valence-corrected chi connectivity index (χ4v) is 2.42. The number of amides is 1. The molecule has 1 aliphatic heterocycles. The van der Waals surface area contributed by atoms with Gasteiger partial charge in [0, 0.05) is 0 Å². The first-order valence-corrected chi connectivity index (χ1v) is 6.07. The Morgan fingerprint density at radius 3 is 2.83 bits per heavy atom. The van der Waals surface area contributed by atoms with Crippen molar-refractivity contribution in [3.63, 3.8) is 0 Å². The molecule has 100 valence electrons. The van der Waals surface area contributed by atoms with Crippen molar-refractivity contribution in [2.45, 2.75) is 18.5 Å². The number of carbonyl (C=O) groups is 1. The van der Waals surface area contributed by atoms with Crippen LogP contribution in [0.5, 0.6) is 0 Å². The maximum absolute atomic E-state index is 13.0. The minimum absolute atomic E-state index is 0.125. The number of alkyl halides is 4. The largest absolute Gasteiger partial charge is 0.324 e. The Kier molecular flexibility index (Phi) is 3.58. The third-order valence-corrected chi connectivity index (χ3v) is 3.34. The Balaban J connectivity index is 2.16. The number of thiophene rings is 1. The van der Waals surface area contributed by atoms with E-state index in [9.17, 15) is 22.4 Å². The molecule has 1 aromatic heterocycles. The second kappa shape index (κ2) is 4.85. The van der Waals surface area contributed by atoms with Gasteiger partial charge in [-0.25, -0.2) is 8.78 Å². The molecule has 3 nitrogen and oxygen atoms in total. The molecule has 0 aromatic carbocycles. The molecule has 18 heavy (non-hydrogen) atoms. The van der Waals surface area contributed by atoms with Crippen LogP contribution < -0.4 is 5.32 Å². The molecule has 1 amide bonds. The summed E-state index contributed by atoms with van der Waals surface area (Å²) in [6.07, 6.45) is -4.54. The van der Waals surface area contributed by atoms with Crippen molar-refractivity contribution in [2.75, 3.05) is 13.1 Å². The molecular weight excluding hydrogens is 272 g/mol. The predicted octanol–water partition coefficient (Wildman–Crippen LogP) is 2.08. The number of rotatable bonds is 4. The molecule has 1 saturated heterocycles. The summed E-state index contributed by atoms with van der Waals surface area (Å²) in [5.41, 5.74) is 0.621. The highest BCUT2D eigenvalue weighted by Gasteiger charge is 2.46. The molecule has 1 atom stereocenters. The van der Waals surface area contributed by atoms with E-state index in [0.717, 1.165) is 4.90 Å². The van der Waals surface area contributed by atoms with Gasteiger partial charge in [0.1, 0.15) is 6.17 Å². The summed E-state index contributed by atoms with van der Waals surface area (Å²) in [7, 11) is 0. The van der Waals surface area contributed by atoms with Crippen LogP contribution in [0.25, 0.3) is 0 Å². The summed E-state index contributed by atoms with van der Waals surface area (Å²) >= 11 is 1.34. The highest BCUT2D eigenvalue weighted by molar-refractivity contribution is 7.07. The van der Waals surface area contributed by atoms with Crippen LogP contribution in [0.15, 0.2) is 16.8 Å². The molecule has 0 saturated carbocycles. The van der Waals surface area contributed by atoms with E-state index in [2.05, 4.69) is 5.32 Å². The molecule has 1 fully saturated rings. The monoisotopic (exact) mass is 282 g/mol. The van der Waals surface area contributed by atoms with Gasteiger partial charge in [-0.2, -0.15) is 20.1 Å². The first-order valence-electron chi connectivity index (χ1n) is 5.13. The minimum Gasteiger partial charge on any atom is -0.316 e. The van der Waals surface area contributed by atoms with Gasteiger partial charge in [-0.1, -0.05) is 0 Å². The van der Waals surface area contributed by atoms with E-state index >= 15 is 0 Å². The van der Waals surface area contributed by atoms with Gasteiger partial charge >= 0.3 is 12.3 Å². The summed E-state index contributed by atoms with van der Waals surface area (Å²) < 4.78 is 50.3. The van der Waals surface area contributed by atoms with Crippen molar-refractivity contribution in [1.82, 2.24) is 10.2 Å². The lowest BCUT2D eigenvalue weighted by Gasteiger charge is -2.27. The van der Waals surface area contributed by atoms with Crippen LogP contribution in [0, 0.1) is 0 Å². The highest BCUT2D eigenvalue weighted by Crippen LogP contribution is 2.30. The Bertz CT molecular complexity index is 424. The summed E-state index contributed by atoms with van der Waals surface area (Å²) in [6.45, 7) is -1.41. The lowest BCUT2D eigenvalue weighted by molar-refractivity contribution is -0.156. The fourth-order valence-electron chi connectivity index (χ4n) is 1.74. The summed E-state index contributed by atoms with van der Waals surface area (Å²) in [4.78, 5) is 12.2. The number of carbonyl (C=O) groups excluding carboxylic acids is 1. The van der Waals surface area contributed by atoms with Crippen molar-refractivity contribution in [3.8, 4) is 0 Å². The Morgan fingerprint density at radius 1 is 1.56 bits per heavy atom. The quantitative estimate of drug-likeness (QED) is 0.858. The smallest absolute Gasteiger partial charge is 0.316 e. The van der Waals surface area contributed by atoms with Crippen LogP contribution in [-0.2, 0) is 4.79 Å². The molecule has 1 unspecified atom stereocenters. The van der Waals surface area contributed by atoms with Crippen molar-refractivity contribution in [3.05, 3.63) is 22.4 Å². The predicted molar refractivity (Wildman–Crippen MR) is 57.7 cm³/mol. The van der Waals surface area contributed by atoms with E-state index in [1.807, 2.05) is 0 Å². The van der Waals surface area contributed by atoms with Crippen LogP contribution in [0.4, 0.5) is 17.6 Å². The number of hydrogen-bond donors (Lipinski definition) is 1. The van der Waals surface area contributed by atoms with Crippen molar-refractivity contribution in [2.24, 2.45) is 0 Å². The van der Waals surface area contributed by atoms with E-state index in [0.29, 0.717) is 5.56 Å². The van der Waals surface area contributed by atoms with E-state index in [4.69, 9.17) is 0 Å². The van der Waals surface area contributed by atoms with Crippen LogP contribution >= 0.6 is 11.3 Å². The van der Waals surface area contributed by atoms with Gasteiger partial charge < -0.3 is 4.90 Å². The molecule has 2 heterocycles. The lowest BCUT2D eigenvalue weighted by atomic mass is 10.2. The van der Waals surface area contributed by atoms with E-state index in [1.165, 1.54) is 11.3 Å². The summed E-state index contributed by atoms with van der Waals surface area (Å²) in [5, 5.41) is 6.13. The maximum Gasteiger partial charge on any atom is 0.324 e. The normalized spacial score (nSPS) is 21.1. The number of hydrogen-bond acceptors (Lipinski definition) is 3. The van der Waals surface area contributed by atoms with Crippen molar-refractivity contribution >= 4 is 17.2 Å². The van der Waals surface area contributed by atoms with Gasteiger partial charge in [0.15, 0.2) is 0 Å². The SMILES string of the molecule is O=C1CNC(c2ccsc2)N1CC(F)(F)C(F)F. The van der Waals surface area contributed by atoms with Crippen LogP contribution in [0.3, 0.4) is 0 Å². The molecule has 8 heteroatoms. The summed E-state index contributed by atoms with van der Waals surface area (Å²) in [5.74, 6) is -4.80. The van der Waals surface area contributed by atoms with Gasteiger partial charge in [-0.15, -0.1) is 0 Å². The van der Waals surface area contributed by atoms with Crippen LogP contribution in [0.2, 0.25) is 0 Å². The number of halogens is 4. The molecule has 1 N–H and O–H groups in total. The van der Waals surface area contributed by atoms with Crippen molar-refractivity contribution in [1.29, 1.82) is 0 Å². The Hall–Kier alpha value is -1.15. The number of nitrogens with zero attached hydrogens (tertiary/aromatic N) is 1. The van der Waals surface area contributed by atoms with Crippen molar-refractivity contribution < 1.29 is 22.4 Å². The molecule has 2 rings (SSSR count). The topological polar surface area (TPSA) is 32.3 Å². The van der Waals surface area contributed by atoms with Gasteiger partial charge in [-0.05, 0) is 22.4 Å². The zero-order valence-corrected chi connectivity index (χ0v) is 9.89. The Labute approximate surface area is 104 Å². The highest BCUT2D eigenvalue weighted by atomic mass is 32.1. The number of nitrogens with one attached hydrogen (secondary N) is 1. The summed E-state index contributed by atoms with van der Waals surface area (Å²) in [6, 6.07) is 1.66. The lowest BCUT2D eigenvalue weighted by Crippen LogP contribution is -2.44. The first kappa shape index (κ1) is 13.3. The molecule has 1 aromatic rings. The molecular formula is C10H10F4N2OS. The van der Waals surface area contributed by atoms with Crippen LogP contribution in [-0.4, -0.2) is 36.2 Å². The van der Waals surface area contributed by atoms with E-state index in [-0.39, 0.29) is 6.54 Å². The standard InChI is InChI=1S/C10H10F4N2OS/c11-9(12)10(13,14)5-16-7(17)3-15-8(16)6-1-2-18-4-6/h1-2,4,8-9,15H,3,5H2. The van der Waals surface area contributed by atoms with Gasteiger partial charge in [0.2, 0.25) is 5.91 Å². The fraction of sp³-hybridized carbons (Fsp3) is 0.500. The Morgan fingerprint density at radius 2 is 2.28 bits per heavy atom. The van der Waals surface area contributed by atoms with Crippen LogP contribution in [0.1, 0.15) is 11.7 Å². The first-order chi connectivity index (χ1) is 8.42. The van der Waals surface area contributed by atoms with Gasteiger partial charge in [0.05, 0.1) is 13.1 Å². The maximum atomic E-state index is 13.0. The third kappa shape index (κ3) is 2.49. The minimum atomic E-state index is -4.20. The van der Waals surface area contributed by atoms with Gasteiger partial charge in [-0.3, -0.25) is 10.1 Å². The molecule has 0 bridgehead atoms. The molecule has 0 spiro atoms. The zero-order valence-electron chi connectivity index (χ0n) is 9.08. The molecule has 0 aliphatic carbocycles. The second-order valence-corrected chi connectivity index (χ2v) is 4.70. The molecule has 0 radical (unpaired) electrons. The van der Waals surface area contributed by atoms with E-state index in [1.54, 1.807) is 16.8 Å². The zero-order chi connectivity index (χ0) is 13.3. The average molecular weight is 282 g/mol. The third-order valence-electron chi connectivity index (χ3n) is 2.64.